The van der Waals surface area contributed by atoms with Crippen molar-refractivity contribution in [3.63, 3.8) is 0 Å². The van der Waals surface area contributed by atoms with Gasteiger partial charge in [0.1, 0.15) is 0 Å². The van der Waals surface area contributed by atoms with Gasteiger partial charge in [0.05, 0.1) is 24.0 Å². The number of hydrogen-bond donors (Lipinski definition) is 0. The molecule has 0 heterocycles. The molecule has 0 saturated heterocycles. The van der Waals surface area contributed by atoms with Crippen LogP contribution in [0.4, 0.5) is 0 Å². The Morgan fingerprint density at radius 1 is 0.812 bits per heavy atom. The normalized spacial score (nSPS) is 15.0. The van der Waals surface area contributed by atoms with Gasteiger partial charge in [-0.15, -0.1) is 0 Å². The Hall–Kier alpha value is -1.28. The van der Waals surface area contributed by atoms with Crippen LogP contribution in [0.1, 0.15) is 40.5 Å². The Morgan fingerprint density at radius 2 is 1.12 bits per heavy atom. The highest BCUT2D eigenvalue weighted by atomic mass is 14.3. The summed E-state index contributed by atoms with van der Waals surface area (Å²) in [4.78, 5) is 0. The zero-order valence-electron chi connectivity index (χ0n) is 10.8. The van der Waals surface area contributed by atoms with E-state index in [0.29, 0.717) is 11.8 Å². The summed E-state index contributed by atoms with van der Waals surface area (Å²) in [7, 11) is 0. The minimum absolute atomic E-state index is 0.0934. The highest BCUT2D eigenvalue weighted by Crippen LogP contribution is 2.17. The molecule has 88 valence electrons. The van der Waals surface area contributed by atoms with E-state index in [4.69, 9.17) is 10.5 Å². The summed E-state index contributed by atoms with van der Waals surface area (Å²) >= 11 is 0. The fourth-order valence-corrected chi connectivity index (χ4v) is 1.43. The maximum Gasteiger partial charge on any atom is 0.0661 e. The second kappa shape index (κ2) is 7.94. The van der Waals surface area contributed by atoms with Crippen LogP contribution in [0.2, 0.25) is 0 Å². The van der Waals surface area contributed by atoms with E-state index in [2.05, 4.69) is 39.8 Å². The second-order valence-corrected chi connectivity index (χ2v) is 4.90. The third-order valence-corrected chi connectivity index (χ3v) is 2.89. The van der Waals surface area contributed by atoms with Crippen LogP contribution in [0.15, 0.2) is 12.2 Å². The number of hydrogen-bond acceptors (Lipinski definition) is 2. The van der Waals surface area contributed by atoms with Crippen molar-refractivity contribution in [2.24, 2.45) is 23.7 Å². The van der Waals surface area contributed by atoms with Crippen LogP contribution >= 0.6 is 0 Å². The highest BCUT2D eigenvalue weighted by Gasteiger charge is 2.11. The van der Waals surface area contributed by atoms with Crippen molar-refractivity contribution in [3.05, 3.63) is 12.2 Å². The molecule has 2 unspecified atom stereocenters. The van der Waals surface area contributed by atoms with Crippen molar-refractivity contribution in [1.29, 1.82) is 10.5 Å². The molecule has 0 amide bonds. The first-order valence-corrected chi connectivity index (χ1v) is 5.97. The molecule has 16 heavy (non-hydrogen) atoms. The molecule has 0 aliphatic heterocycles. The lowest BCUT2D eigenvalue weighted by Crippen LogP contribution is -2.05. The SMILES string of the molecule is CC(C)C(C#N)C/C=C/CC(C#N)C(C)C. The van der Waals surface area contributed by atoms with Gasteiger partial charge in [0.15, 0.2) is 0 Å². The summed E-state index contributed by atoms with van der Waals surface area (Å²) < 4.78 is 0. The van der Waals surface area contributed by atoms with Crippen molar-refractivity contribution in [3.8, 4) is 12.1 Å². The Balaban J connectivity index is 4.04. The lowest BCUT2D eigenvalue weighted by molar-refractivity contribution is 0.472. The van der Waals surface area contributed by atoms with Crippen molar-refractivity contribution in [2.45, 2.75) is 40.5 Å². The summed E-state index contributed by atoms with van der Waals surface area (Å²) in [6.45, 7) is 8.25. The summed E-state index contributed by atoms with van der Waals surface area (Å²) in [5, 5.41) is 17.8. The van der Waals surface area contributed by atoms with E-state index in [9.17, 15) is 0 Å². The molecule has 0 rings (SSSR count). The van der Waals surface area contributed by atoms with E-state index >= 15 is 0 Å². The fourth-order valence-electron chi connectivity index (χ4n) is 1.43. The Kier molecular flexibility index (Phi) is 7.31. The third kappa shape index (κ3) is 5.56. The first kappa shape index (κ1) is 14.7. The minimum Gasteiger partial charge on any atom is -0.198 e. The van der Waals surface area contributed by atoms with Gasteiger partial charge in [0.2, 0.25) is 0 Å². The molecular formula is C14H22N2. The van der Waals surface area contributed by atoms with Gasteiger partial charge in [-0.3, -0.25) is 0 Å². The number of nitrogens with zero attached hydrogens (tertiary/aromatic N) is 2. The lowest BCUT2D eigenvalue weighted by Gasteiger charge is -2.11. The summed E-state index contributed by atoms with van der Waals surface area (Å²) in [5.41, 5.74) is 0. The predicted molar refractivity (Wildman–Crippen MR) is 66.3 cm³/mol. The van der Waals surface area contributed by atoms with E-state index in [-0.39, 0.29) is 11.8 Å². The van der Waals surface area contributed by atoms with Gasteiger partial charge in [0.25, 0.3) is 0 Å². The lowest BCUT2D eigenvalue weighted by atomic mass is 9.92. The van der Waals surface area contributed by atoms with Crippen LogP contribution in [-0.4, -0.2) is 0 Å². The van der Waals surface area contributed by atoms with Gasteiger partial charge in [-0.25, -0.2) is 0 Å². The molecule has 0 radical (unpaired) electrons. The number of nitriles is 2. The van der Waals surface area contributed by atoms with E-state index in [0.717, 1.165) is 12.8 Å². The van der Waals surface area contributed by atoms with E-state index in [1.165, 1.54) is 0 Å². The molecule has 2 atom stereocenters. The third-order valence-electron chi connectivity index (χ3n) is 2.89. The van der Waals surface area contributed by atoms with Crippen LogP contribution in [0.3, 0.4) is 0 Å². The van der Waals surface area contributed by atoms with Crippen molar-refractivity contribution < 1.29 is 0 Å². The smallest absolute Gasteiger partial charge is 0.0661 e. The zero-order valence-corrected chi connectivity index (χ0v) is 10.8. The molecule has 0 aliphatic rings. The first-order chi connectivity index (χ1) is 7.52. The van der Waals surface area contributed by atoms with Crippen LogP contribution in [-0.2, 0) is 0 Å². The quantitative estimate of drug-likeness (QED) is 0.634. The largest absolute Gasteiger partial charge is 0.198 e. The highest BCUT2D eigenvalue weighted by molar-refractivity contribution is 4.97. The molecule has 0 spiro atoms. The van der Waals surface area contributed by atoms with Gasteiger partial charge >= 0.3 is 0 Å². The maximum absolute atomic E-state index is 8.90. The van der Waals surface area contributed by atoms with Gasteiger partial charge in [-0.2, -0.15) is 10.5 Å². The van der Waals surface area contributed by atoms with E-state index in [1.807, 2.05) is 12.2 Å². The molecule has 2 nitrogen and oxygen atoms in total. The van der Waals surface area contributed by atoms with Crippen molar-refractivity contribution >= 4 is 0 Å². The van der Waals surface area contributed by atoms with Gasteiger partial charge in [-0.1, -0.05) is 39.8 Å². The van der Waals surface area contributed by atoms with Gasteiger partial charge in [0, 0.05) is 0 Å². The topological polar surface area (TPSA) is 47.6 Å². The Labute approximate surface area is 99.6 Å². The van der Waals surface area contributed by atoms with Crippen LogP contribution < -0.4 is 0 Å². The Bertz CT molecular complexity index is 259. The van der Waals surface area contributed by atoms with Gasteiger partial charge in [-0.05, 0) is 24.7 Å². The van der Waals surface area contributed by atoms with Crippen molar-refractivity contribution in [1.82, 2.24) is 0 Å². The summed E-state index contributed by atoms with van der Waals surface area (Å²) in [6.07, 6.45) is 5.68. The van der Waals surface area contributed by atoms with Crippen LogP contribution in [0, 0.1) is 46.3 Å². The number of rotatable bonds is 6. The molecule has 0 bridgehead atoms. The summed E-state index contributed by atoms with van der Waals surface area (Å²) in [6, 6.07) is 4.62. The average molecular weight is 218 g/mol. The molecule has 0 aromatic carbocycles. The molecule has 0 aromatic rings. The van der Waals surface area contributed by atoms with E-state index in [1.54, 1.807) is 0 Å². The summed E-state index contributed by atoms with van der Waals surface area (Å²) in [5.74, 6) is 0.977. The molecular weight excluding hydrogens is 196 g/mol. The average Bonchev–Trinajstić information content (AvgIpc) is 2.22. The van der Waals surface area contributed by atoms with Crippen molar-refractivity contribution in [2.75, 3.05) is 0 Å². The minimum atomic E-state index is 0.0934. The maximum atomic E-state index is 8.90. The molecule has 0 aromatic heterocycles. The fraction of sp³-hybridized carbons (Fsp3) is 0.714. The standard InChI is InChI=1S/C14H22N2/c1-11(2)13(9-15)7-5-6-8-14(10-16)12(3)4/h5-6,11-14H,7-8H2,1-4H3/b6-5+. The molecule has 0 fully saturated rings. The zero-order chi connectivity index (χ0) is 12.6. The molecule has 0 N–H and O–H groups in total. The molecule has 2 heteroatoms. The Morgan fingerprint density at radius 3 is 1.31 bits per heavy atom. The monoisotopic (exact) mass is 218 g/mol. The second-order valence-electron chi connectivity index (χ2n) is 4.90. The van der Waals surface area contributed by atoms with Crippen LogP contribution in [0.5, 0.6) is 0 Å². The number of allylic oxidation sites excluding steroid dienone is 2. The van der Waals surface area contributed by atoms with Crippen LogP contribution in [0.25, 0.3) is 0 Å². The van der Waals surface area contributed by atoms with E-state index < -0.39 is 0 Å². The first-order valence-electron chi connectivity index (χ1n) is 5.97. The molecule has 0 aliphatic carbocycles. The molecule has 0 saturated carbocycles. The predicted octanol–water partition coefficient (Wildman–Crippen LogP) is 3.91. The van der Waals surface area contributed by atoms with Gasteiger partial charge < -0.3 is 0 Å².